The minimum absolute atomic E-state index is 0.124. The van der Waals surface area contributed by atoms with Crippen LogP contribution in [0.15, 0.2) is 36.4 Å². The molecule has 0 fully saturated rings. The fourth-order valence-corrected chi connectivity index (χ4v) is 4.26. The Labute approximate surface area is 175 Å². The minimum Gasteiger partial charge on any atom is -0.508 e. The van der Waals surface area contributed by atoms with Crippen LogP contribution < -0.4 is 0 Å². The van der Waals surface area contributed by atoms with E-state index >= 15 is 0 Å². The zero-order chi connectivity index (χ0) is 21.7. The van der Waals surface area contributed by atoms with Gasteiger partial charge in [-0.1, -0.05) is 65.3 Å². The number of rotatable bonds is 2. The Bertz CT molecular complexity index is 1040. The predicted octanol–water partition coefficient (Wildman–Crippen LogP) is 6.77. The van der Waals surface area contributed by atoms with Crippen LogP contribution in [0.3, 0.4) is 0 Å². The summed E-state index contributed by atoms with van der Waals surface area (Å²) in [4.78, 5) is 0. The summed E-state index contributed by atoms with van der Waals surface area (Å²) >= 11 is 0. The number of aromatic nitrogens is 2. The van der Waals surface area contributed by atoms with Crippen LogP contribution >= 0.6 is 0 Å². The lowest BCUT2D eigenvalue weighted by atomic mass is 9.79. The molecule has 1 N–H and O–H groups in total. The first-order valence-electron chi connectivity index (χ1n) is 10.3. The zero-order valence-corrected chi connectivity index (χ0v) is 19.3. The van der Waals surface area contributed by atoms with E-state index in [1.165, 1.54) is 33.5 Å². The Hall–Kier alpha value is -2.55. The average molecular weight is 391 g/mol. The number of phenols is 1. The van der Waals surface area contributed by atoms with E-state index in [9.17, 15) is 5.11 Å². The molecule has 2 aromatic carbocycles. The number of hydrogen-bond donors (Lipinski definition) is 1. The van der Waals surface area contributed by atoms with Gasteiger partial charge in [0.15, 0.2) is 0 Å². The van der Waals surface area contributed by atoms with Gasteiger partial charge in [0.05, 0.1) is 17.1 Å². The number of phenolic OH excluding ortho intramolecular Hbond substituents is 1. The molecule has 0 saturated heterocycles. The van der Waals surface area contributed by atoms with Gasteiger partial charge in [0.2, 0.25) is 0 Å². The summed E-state index contributed by atoms with van der Waals surface area (Å²) in [7, 11) is 0. The third-order valence-corrected chi connectivity index (χ3v) is 5.31. The van der Waals surface area contributed by atoms with Crippen LogP contribution in [-0.4, -0.2) is 14.9 Å². The molecule has 154 valence electrons. The fraction of sp³-hybridized carbons (Fsp3) is 0.423. The van der Waals surface area contributed by atoms with Crippen LogP contribution in [0.1, 0.15) is 69.6 Å². The molecule has 0 aliphatic carbocycles. The number of hydrogen-bond acceptors (Lipinski definition) is 2. The molecular formula is C26H34N2O. The Morgan fingerprint density at radius 3 is 1.86 bits per heavy atom. The average Bonchev–Trinajstić information content (AvgIpc) is 2.94. The molecule has 29 heavy (non-hydrogen) atoms. The number of nitrogens with zero attached hydrogens (tertiary/aromatic N) is 2. The van der Waals surface area contributed by atoms with Crippen LogP contribution in [-0.2, 0) is 10.8 Å². The highest BCUT2D eigenvalue weighted by molar-refractivity contribution is 5.78. The Morgan fingerprint density at radius 1 is 0.793 bits per heavy atom. The van der Waals surface area contributed by atoms with E-state index in [-0.39, 0.29) is 16.6 Å². The molecule has 0 radical (unpaired) electrons. The lowest BCUT2D eigenvalue weighted by Crippen LogP contribution is -2.19. The van der Waals surface area contributed by atoms with Gasteiger partial charge in [0.1, 0.15) is 5.75 Å². The quantitative estimate of drug-likeness (QED) is 0.524. The molecule has 3 heteroatoms. The number of aromatic hydroxyl groups is 1. The largest absolute Gasteiger partial charge is 0.508 e. The molecule has 0 aliphatic rings. The van der Waals surface area contributed by atoms with Crippen molar-refractivity contribution in [3.8, 4) is 22.6 Å². The molecule has 0 saturated carbocycles. The van der Waals surface area contributed by atoms with Crippen LogP contribution in [0.2, 0.25) is 0 Å². The third kappa shape index (κ3) is 3.96. The smallest absolute Gasteiger partial charge is 0.117 e. The molecule has 0 unspecified atom stereocenters. The second-order valence-corrected chi connectivity index (χ2v) is 10.3. The van der Waals surface area contributed by atoms with E-state index in [4.69, 9.17) is 5.10 Å². The van der Waals surface area contributed by atoms with Crippen LogP contribution in [0.25, 0.3) is 16.8 Å². The topological polar surface area (TPSA) is 38.0 Å². The van der Waals surface area contributed by atoms with E-state index in [0.29, 0.717) is 0 Å². The monoisotopic (exact) mass is 390 g/mol. The summed E-state index contributed by atoms with van der Waals surface area (Å²) in [5.41, 5.74) is 9.20. The highest BCUT2D eigenvalue weighted by Crippen LogP contribution is 2.44. The molecule has 1 aromatic heterocycles. The molecule has 0 bridgehead atoms. The normalized spacial score (nSPS) is 12.4. The van der Waals surface area contributed by atoms with E-state index < -0.39 is 0 Å². The van der Waals surface area contributed by atoms with Crippen molar-refractivity contribution in [2.75, 3.05) is 0 Å². The standard InChI is InChI=1S/C26H34N2O/c1-16-13-17(2)21(18(3)14-16)22-23(25(4,5)6)27-28(24(22)26(7,8)9)19-11-10-12-20(29)15-19/h10-15,29H,1-9H3. The molecule has 0 amide bonds. The molecule has 0 aliphatic heterocycles. The second kappa shape index (κ2) is 7.05. The predicted molar refractivity (Wildman–Crippen MR) is 122 cm³/mol. The lowest BCUT2D eigenvalue weighted by molar-refractivity contribution is 0.474. The highest BCUT2D eigenvalue weighted by atomic mass is 16.3. The molecule has 3 rings (SSSR count). The Morgan fingerprint density at radius 2 is 1.38 bits per heavy atom. The number of aryl methyl sites for hydroxylation is 3. The van der Waals surface area contributed by atoms with Gasteiger partial charge in [-0.25, -0.2) is 4.68 Å². The Balaban J connectivity index is 2.51. The number of benzene rings is 2. The highest BCUT2D eigenvalue weighted by Gasteiger charge is 2.34. The molecule has 3 nitrogen and oxygen atoms in total. The van der Waals surface area contributed by atoms with Crippen LogP contribution in [0.5, 0.6) is 5.75 Å². The minimum atomic E-state index is -0.138. The summed E-state index contributed by atoms with van der Waals surface area (Å²) in [5, 5.41) is 15.2. The van der Waals surface area contributed by atoms with Crippen molar-refractivity contribution in [1.82, 2.24) is 9.78 Å². The van der Waals surface area contributed by atoms with E-state index in [0.717, 1.165) is 11.4 Å². The van der Waals surface area contributed by atoms with Crippen molar-refractivity contribution in [3.63, 3.8) is 0 Å². The maximum atomic E-state index is 10.1. The van der Waals surface area contributed by atoms with E-state index in [2.05, 4.69) is 74.4 Å². The molecular weight excluding hydrogens is 356 g/mol. The summed E-state index contributed by atoms with van der Waals surface area (Å²) in [5.74, 6) is 0.249. The van der Waals surface area contributed by atoms with Crippen molar-refractivity contribution >= 4 is 0 Å². The molecule has 0 atom stereocenters. The first-order valence-corrected chi connectivity index (χ1v) is 10.3. The summed E-state index contributed by atoms with van der Waals surface area (Å²) in [6, 6.07) is 11.9. The van der Waals surface area contributed by atoms with Crippen molar-refractivity contribution in [2.24, 2.45) is 0 Å². The zero-order valence-electron chi connectivity index (χ0n) is 19.3. The van der Waals surface area contributed by atoms with Crippen molar-refractivity contribution in [3.05, 3.63) is 64.5 Å². The van der Waals surface area contributed by atoms with Crippen molar-refractivity contribution in [2.45, 2.75) is 73.1 Å². The van der Waals surface area contributed by atoms with Gasteiger partial charge in [0.25, 0.3) is 0 Å². The van der Waals surface area contributed by atoms with Gasteiger partial charge in [-0.05, 0) is 49.6 Å². The first-order chi connectivity index (χ1) is 13.3. The second-order valence-electron chi connectivity index (χ2n) is 10.3. The van der Waals surface area contributed by atoms with Gasteiger partial charge < -0.3 is 5.11 Å². The van der Waals surface area contributed by atoms with Crippen LogP contribution in [0.4, 0.5) is 0 Å². The lowest BCUT2D eigenvalue weighted by Gasteiger charge is -2.26. The summed E-state index contributed by atoms with van der Waals surface area (Å²) < 4.78 is 2.04. The Kier molecular flexibility index (Phi) is 5.15. The van der Waals surface area contributed by atoms with Gasteiger partial charge >= 0.3 is 0 Å². The maximum absolute atomic E-state index is 10.1. The maximum Gasteiger partial charge on any atom is 0.117 e. The summed E-state index contributed by atoms with van der Waals surface area (Å²) in [6.45, 7) is 19.9. The van der Waals surface area contributed by atoms with Gasteiger partial charge in [-0.2, -0.15) is 5.10 Å². The van der Waals surface area contributed by atoms with E-state index in [1.807, 2.05) is 16.8 Å². The molecule has 3 aromatic rings. The van der Waals surface area contributed by atoms with Gasteiger partial charge in [-0.3, -0.25) is 0 Å². The van der Waals surface area contributed by atoms with Crippen molar-refractivity contribution < 1.29 is 5.11 Å². The van der Waals surface area contributed by atoms with E-state index in [1.54, 1.807) is 12.1 Å². The SMILES string of the molecule is Cc1cc(C)c(-c2c(C(C)(C)C)nn(-c3cccc(O)c3)c2C(C)(C)C)c(C)c1. The van der Waals surface area contributed by atoms with Crippen molar-refractivity contribution in [1.29, 1.82) is 0 Å². The molecule has 1 heterocycles. The van der Waals surface area contributed by atoms with Crippen LogP contribution in [0, 0.1) is 20.8 Å². The third-order valence-electron chi connectivity index (χ3n) is 5.31. The summed E-state index contributed by atoms with van der Waals surface area (Å²) in [6.07, 6.45) is 0. The first kappa shape index (κ1) is 21.2. The van der Waals surface area contributed by atoms with Gasteiger partial charge in [-0.15, -0.1) is 0 Å². The molecule has 0 spiro atoms. The van der Waals surface area contributed by atoms with Gasteiger partial charge in [0, 0.05) is 22.5 Å². The fourth-order valence-electron chi connectivity index (χ4n) is 4.26.